The third-order valence-electron chi connectivity index (χ3n) is 4.46. The topological polar surface area (TPSA) is 27.7 Å². The fraction of sp³-hybridized carbons (Fsp3) is 1.00. The van der Waals surface area contributed by atoms with Gasteiger partial charge in [-0.2, -0.15) is 0 Å². The van der Waals surface area contributed by atoms with Gasteiger partial charge in [-0.15, -0.1) is 0 Å². The molecule has 0 saturated carbocycles. The molecule has 0 aliphatic rings. The van der Waals surface area contributed by atoms with Crippen molar-refractivity contribution >= 4 is 33.0 Å². The first-order chi connectivity index (χ1) is 10.1. The van der Waals surface area contributed by atoms with Crippen LogP contribution < -0.4 is 0 Å². The summed E-state index contributed by atoms with van der Waals surface area (Å²) < 4.78 is 20.2. The van der Waals surface area contributed by atoms with E-state index in [1.807, 2.05) is 0 Å². The van der Waals surface area contributed by atoms with Gasteiger partial charge in [0, 0.05) is 0 Å². The van der Waals surface area contributed by atoms with Crippen molar-refractivity contribution in [3.63, 3.8) is 0 Å². The van der Waals surface area contributed by atoms with Crippen LogP contribution in [0.5, 0.6) is 0 Å². The van der Waals surface area contributed by atoms with Crippen LogP contribution in [0.25, 0.3) is 0 Å². The molecule has 0 aromatic heterocycles. The summed E-state index contributed by atoms with van der Waals surface area (Å²) >= 11 is 0. The van der Waals surface area contributed by atoms with Gasteiger partial charge >= 0.3 is 0 Å². The summed E-state index contributed by atoms with van der Waals surface area (Å²) in [6.07, 6.45) is 0. The van der Waals surface area contributed by atoms with Gasteiger partial charge < -0.3 is 13.3 Å². The van der Waals surface area contributed by atoms with Gasteiger partial charge in [0.25, 0.3) is 0 Å². The third-order valence-corrected chi connectivity index (χ3v) is 13.8. The molecule has 0 spiro atoms. The maximum atomic E-state index is 6.90. The van der Waals surface area contributed by atoms with Crippen molar-refractivity contribution in [2.24, 2.45) is 0 Å². The highest BCUT2D eigenvalue weighted by atomic mass is 28.4. The Hall–Kier alpha value is 0.748. The molecule has 0 rings (SSSR count). The van der Waals surface area contributed by atoms with Gasteiger partial charge in [0.1, 0.15) is 8.07 Å². The Morgan fingerprint density at radius 2 is 0.917 bits per heavy atom. The minimum absolute atomic E-state index is 0.162. The van der Waals surface area contributed by atoms with Crippen molar-refractivity contribution in [3.8, 4) is 0 Å². The van der Waals surface area contributed by atoms with Crippen LogP contribution >= 0.6 is 0 Å². The van der Waals surface area contributed by atoms with Crippen molar-refractivity contribution < 1.29 is 13.3 Å². The lowest BCUT2D eigenvalue weighted by atomic mass is 10.2. The van der Waals surface area contributed by atoms with Crippen LogP contribution in [-0.4, -0.2) is 45.0 Å². The normalized spacial score (nSPS) is 15.8. The Bertz CT molecular complexity index is 394. The van der Waals surface area contributed by atoms with E-state index in [0.717, 1.165) is 0 Å². The molecule has 0 bridgehead atoms. The van der Waals surface area contributed by atoms with Gasteiger partial charge in [-0.25, -0.2) is 0 Å². The van der Waals surface area contributed by atoms with Gasteiger partial charge in [0.05, 0.1) is 6.61 Å². The molecule has 7 heteroatoms. The highest BCUT2D eigenvalue weighted by molar-refractivity contribution is 6.85. The smallest absolute Gasteiger partial charge is 0.187 e. The van der Waals surface area contributed by atoms with Crippen LogP contribution in [0.2, 0.25) is 77.1 Å². The first kappa shape index (κ1) is 24.7. The van der Waals surface area contributed by atoms with Crippen LogP contribution in [0, 0.1) is 0 Å². The molecule has 0 unspecified atom stereocenters. The Morgan fingerprint density at radius 1 is 0.583 bits per heavy atom. The zero-order valence-corrected chi connectivity index (χ0v) is 22.9. The lowest BCUT2D eigenvalue weighted by Crippen LogP contribution is -2.70. The SMILES string of the molecule is CC(C)(C)[Si](C)(C)C(CO[Si](C)(C)C)(O[Si](C)(C)C)O[Si](C)(C)C. The second-order valence-electron chi connectivity index (χ2n) is 11.5. The van der Waals surface area contributed by atoms with E-state index in [1.165, 1.54) is 0 Å². The van der Waals surface area contributed by atoms with E-state index in [2.05, 4.69) is 92.8 Å². The van der Waals surface area contributed by atoms with Crippen LogP contribution in [0.15, 0.2) is 0 Å². The van der Waals surface area contributed by atoms with Gasteiger partial charge in [0.15, 0.2) is 30.4 Å². The molecule has 24 heavy (non-hydrogen) atoms. The monoisotopic (exact) mass is 408 g/mol. The van der Waals surface area contributed by atoms with E-state index < -0.39 is 38.4 Å². The molecular formula is C17H44O3Si4. The van der Waals surface area contributed by atoms with Crippen LogP contribution in [0.4, 0.5) is 0 Å². The molecule has 0 aliphatic heterocycles. The molecule has 0 atom stereocenters. The molecule has 0 radical (unpaired) electrons. The predicted molar refractivity (Wildman–Crippen MR) is 118 cm³/mol. The van der Waals surface area contributed by atoms with E-state index >= 15 is 0 Å². The van der Waals surface area contributed by atoms with E-state index in [0.29, 0.717) is 6.61 Å². The Morgan fingerprint density at radius 3 is 1.12 bits per heavy atom. The van der Waals surface area contributed by atoms with Crippen molar-refractivity contribution in [3.05, 3.63) is 0 Å². The molecule has 0 saturated heterocycles. The molecule has 0 heterocycles. The Labute approximate surface area is 156 Å². The first-order valence-electron chi connectivity index (χ1n) is 9.16. The quantitative estimate of drug-likeness (QED) is 0.349. The summed E-state index contributed by atoms with van der Waals surface area (Å²) in [6.45, 7) is 32.7. The summed E-state index contributed by atoms with van der Waals surface area (Å²) in [7, 11) is -7.26. The van der Waals surface area contributed by atoms with E-state index in [-0.39, 0.29) is 5.04 Å². The summed E-state index contributed by atoms with van der Waals surface area (Å²) in [5.74, 6) is 0. The van der Waals surface area contributed by atoms with Crippen LogP contribution in [0.3, 0.4) is 0 Å². The second-order valence-corrected chi connectivity index (χ2v) is 30.3. The number of rotatable bonds is 8. The van der Waals surface area contributed by atoms with Crippen LogP contribution in [-0.2, 0) is 13.3 Å². The Balaban J connectivity index is 6.22. The van der Waals surface area contributed by atoms with Crippen LogP contribution in [0.1, 0.15) is 20.8 Å². The summed E-state index contributed by atoms with van der Waals surface area (Å²) in [6, 6.07) is 0. The van der Waals surface area contributed by atoms with Crippen molar-refractivity contribution in [2.45, 2.75) is 103 Å². The minimum Gasteiger partial charge on any atom is -0.413 e. The lowest BCUT2D eigenvalue weighted by molar-refractivity contribution is -0.0953. The molecule has 0 amide bonds. The molecule has 146 valence electrons. The highest BCUT2D eigenvalue weighted by Gasteiger charge is 2.58. The standard InChI is InChI=1S/C17H44O3Si4/c1-16(2,3)24(13,14)17(19-22(7,8)9,20-23(10,11)12)15-18-21(4,5)6/h15H2,1-14H3. The maximum absolute atomic E-state index is 6.90. The summed E-state index contributed by atoms with van der Waals surface area (Å²) in [5.41, 5.74) is -0.569. The Kier molecular flexibility index (Phi) is 7.63. The first-order valence-corrected chi connectivity index (χ1v) is 22.4. The van der Waals surface area contributed by atoms with E-state index in [9.17, 15) is 0 Å². The highest BCUT2D eigenvalue weighted by Crippen LogP contribution is 2.47. The maximum Gasteiger partial charge on any atom is 0.187 e. The molecule has 0 fully saturated rings. The van der Waals surface area contributed by atoms with Gasteiger partial charge in [-0.3, -0.25) is 0 Å². The molecule has 3 nitrogen and oxygen atoms in total. The third kappa shape index (κ3) is 7.55. The van der Waals surface area contributed by atoms with Crippen molar-refractivity contribution in [2.75, 3.05) is 6.61 Å². The molecule has 0 aromatic carbocycles. The zero-order valence-electron chi connectivity index (χ0n) is 18.9. The fourth-order valence-electron chi connectivity index (χ4n) is 2.39. The van der Waals surface area contributed by atoms with Crippen molar-refractivity contribution in [1.29, 1.82) is 0 Å². The summed E-state index contributed by atoms with van der Waals surface area (Å²) in [5, 5.41) is 0.162. The molecule has 0 N–H and O–H groups in total. The second kappa shape index (κ2) is 7.40. The predicted octanol–water partition coefficient (Wildman–Crippen LogP) is 6.28. The summed E-state index contributed by atoms with van der Waals surface area (Å²) in [4.78, 5) is 0. The fourth-order valence-corrected chi connectivity index (χ4v) is 10.9. The van der Waals surface area contributed by atoms with E-state index in [1.54, 1.807) is 0 Å². The van der Waals surface area contributed by atoms with Gasteiger partial charge in [-0.1, -0.05) is 33.9 Å². The average Bonchev–Trinajstić information content (AvgIpc) is 2.18. The lowest BCUT2D eigenvalue weighted by Gasteiger charge is -2.56. The molecular weight excluding hydrogens is 365 g/mol. The minimum atomic E-state index is -1.98. The van der Waals surface area contributed by atoms with Gasteiger partial charge in [-0.05, 0) is 64.0 Å². The number of hydrogen-bond acceptors (Lipinski definition) is 3. The van der Waals surface area contributed by atoms with Crippen molar-refractivity contribution in [1.82, 2.24) is 0 Å². The number of hydrogen-bond donors (Lipinski definition) is 0. The van der Waals surface area contributed by atoms with E-state index in [4.69, 9.17) is 13.3 Å². The zero-order chi connectivity index (χ0) is 19.8. The van der Waals surface area contributed by atoms with Gasteiger partial charge in [0.2, 0.25) is 0 Å². The largest absolute Gasteiger partial charge is 0.413 e. The molecule has 0 aromatic rings. The molecule has 0 aliphatic carbocycles. The average molecular weight is 409 g/mol.